The molecule has 3 heteroatoms. The Labute approximate surface area is 80.3 Å². The Kier molecular flexibility index (Phi) is 4.06. The fourth-order valence-electron chi connectivity index (χ4n) is 1.62. The number of rotatable bonds is 3. The Bertz CT molecular complexity index is 164. The molecule has 1 unspecified atom stereocenters. The fraction of sp³-hybridized carbons (Fsp3) is 0.900. The summed E-state index contributed by atoms with van der Waals surface area (Å²) in [5.41, 5.74) is 0. The molecule has 0 heterocycles. The van der Waals surface area contributed by atoms with Crippen molar-refractivity contribution < 1.29 is 4.79 Å². The van der Waals surface area contributed by atoms with Crippen LogP contribution < -0.4 is 10.6 Å². The summed E-state index contributed by atoms with van der Waals surface area (Å²) in [5, 5.41) is 5.90. The molecule has 0 spiro atoms. The second-order valence-electron chi connectivity index (χ2n) is 3.91. The van der Waals surface area contributed by atoms with Crippen LogP contribution >= 0.6 is 0 Å². The lowest BCUT2D eigenvalue weighted by Gasteiger charge is -2.16. The van der Waals surface area contributed by atoms with Gasteiger partial charge in [-0.15, -0.1) is 0 Å². The van der Waals surface area contributed by atoms with Gasteiger partial charge in [-0.05, 0) is 26.2 Å². The highest BCUT2D eigenvalue weighted by molar-refractivity contribution is 5.74. The molecule has 0 aromatic heterocycles. The molecule has 1 aliphatic carbocycles. The molecule has 0 bridgehead atoms. The first kappa shape index (κ1) is 10.4. The molecule has 1 saturated carbocycles. The van der Waals surface area contributed by atoms with E-state index >= 15 is 0 Å². The van der Waals surface area contributed by atoms with Crippen LogP contribution in [0.2, 0.25) is 0 Å². The van der Waals surface area contributed by atoms with E-state index in [0.29, 0.717) is 6.04 Å². The van der Waals surface area contributed by atoms with Gasteiger partial charge in [0.25, 0.3) is 0 Å². The Morgan fingerprint density at radius 2 is 2.08 bits per heavy atom. The minimum Gasteiger partial charge on any atom is -0.336 e. The fourth-order valence-corrected chi connectivity index (χ4v) is 1.62. The summed E-state index contributed by atoms with van der Waals surface area (Å²) >= 11 is 0. The monoisotopic (exact) mass is 184 g/mol. The van der Waals surface area contributed by atoms with Gasteiger partial charge in [-0.25, -0.2) is 4.79 Å². The van der Waals surface area contributed by atoms with Crippen molar-refractivity contribution in [3.8, 4) is 0 Å². The quantitative estimate of drug-likeness (QED) is 0.692. The van der Waals surface area contributed by atoms with Gasteiger partial charge in [0.05, 0.1) is 0 Å². The highest BCUT2D eigenvalue weighted by Gasteiger charge is 2.17. The molecule has 2 N–H and O–H groups in total. The van der Waals surface area contributed by atoms with Crippen molar-refractivity contribution in [2.75, 3.05) is 0 Å². The molecule has 0 aromatic carbocycles. The highest BCUT2D eigenvalue weighted by atomic mass is 16.2. The first-order chi connectivity index (χ1) is 6.22. The second kappa shape index (κ2) is 5.10. The van der Waals surface area contributed by atoms with Crippen molar-refractivity contribution in [3.05, 3.63) is 0 Å². The van der Waals surface area contributed by atoms with E-state index in [0.717, 1.165) is 19.3 Å². The van der Waals surface area contributed by atoms with Crippen molar-refractivity contribution in [1.82, 2.24) is 10.6 Å². The summed E-state index contributed by atoms with van der Waals surface area (Å²) in [7, 11) is 0. The average Bonchev–Trinajstić information content (AvgIpc) is 2.56. The molecule has 0 aliphatic heterocycles. The molecule has 76 valence electrons. The molecule has 0 saturated heterocycles. The van der Waals surface area contributed by atoms with Crippen LogP contribution in [-0.2, 0) is 0 Å². The van der Waals surface area contributed by atoms with E-state index in [1.165, 1.54) is 12.8 Å². The van der Waals surface area contributed by atoms with Crippen LogP contribution in [0.4, 0.5) is 4.79 Å². The SMILES string of the molecule is CCC(C)NC(=O)NC1CCCC1. The summed E-state index contributed by atoms with van der Waals surface area (Å²) in [4.78, 5) is 11.3. The Balaban J connectivity index is 2.16. The minimum atomic E-state index is 0.00116. The predicted molar refractivity (Wildman–Crippen MR) is 53.7 cm³/mol. The van der Waals surface area contributed by atoms with Gasteiger partial charge in [0.15, 0.2) is 0 Å². The molecule has 1 fully saturated rings. The lowest BCUT2D eigenvalue weighted by atomic mass is 10.2. The first-order valence-electron chi connectivity index (χ1n) is 5.29. The Morgan fingerprint density at radius 3 is 2.62 bits per heavy atom. The van der Waals surface area contributed by atoms with Crippen molar-refractivity contribution in [3.63, 3.8) is 0 Å². The van der Waals surface area contributed by atoms with Crippen molar-refractivity contribution in [1.29, 1.82) is 0 Å². The van der Waals surface area contributed by atoms with E-state index in [4.69, 9.17) is 0 Å². The molecular weight excluding hydrogens is 164 g/mol. The molecule has 1 rings (SSSR count). The zero-order valence-corrected chi connectivity index (χ0v) is 8.60. The van der Waals surface area contributed by atoms with Crippen LogP contribution in [0.1, 0.15) is 46.0 Å². The van der Waals surface area contributed by atoms with Gasteiger partial charge in [0, 0.05) is 12.1 Å². The summed E-state index contributed by atoms with van der Waals surface area (Å²) in [6, 6.07) is 0.701. The smallest absolute Gasteiger partial charge is 0.315 e. The van der Waals surface area contributed by atoms with Crippen LogP contribution in [0.5, 0.6) is 0 Å². The number of urea groups is 1. The topological polar surface area (TPSA) is 41.1 Å². The second-order valence-corrected chi connectivity index (χ2v) is 3.91. The number of carbonyl (C=O) groups is 1. The number of amides is 2. The molecule has 0 radical (unpaired) electrons. The van der Waals surface area contributed by atoms with Crippen molar-refractivity contribution in [2.45, 2.75) is 58.0 Å². The van der Waals surface area contributed by atoms with E-state index in [1.54, 1.807) is 0 Å². The standard InChI is InChI=1S/C10H20N2O/c1-3-8(2)11-10(13)12-9-6-4-5-7-9/h8-9H,3-7H2,1-2H3,(H2,11,12,13). The molecule has 13 heavy (non-hydrogen) atoms. The van der Waals surface area contributed by atoms with E-state index < -0.39 is 0 Å². The number of carbonyl (C=O) groups excluding carboxylic acids is 1. The van der Waals surface area contributed by atoms with Gasteiger partial charge in [0.1, 0.15) is 0 Å². The van der Waals surface area contributed by atoms with Crippen LogP contribution in [0.3, 0.4) is 0 Å². The maximum Gasteiger partial charge on any atom is 0.315 e. The summed E-state index contributed by atoms with van der Waals surface area (Å²) in [5.74, 6) is 0. The molecule has 1 atom stereocenters. The molecule has 0 aromatic rings. The van der Waals surface area contributed by atoms with Gasteiger partial charge < -0.3 is 10.6 Å². The third kappa shape index (κ3) is 3.66. The van der Waals surface area contributed by atoms with Gasteiger partial charge in [0.2, 0.25) is 0 Å². The molecule has 1 aliphatic rings. The van der Waals surface area contributed by atoms with Crippen LogP contribution in [0.15, 0.2) is 0 Å². The third-order valence-electron chi connectivity index (χ3n) is 2.68. The summed E-state index contributed by atoms with van der Waals surface area (Å²) in [6.45, 7) is 4.09. The van der Waals surface area contributed by atoms with Gasteiger partial charge in [-0.1, -0.05) is 19.8 Å². The maximum atomic E-state index is 11.3. The van der Waals surface area contributed by atoms with Gasteiger partial charge >= 0.3 is 6.03 Å². The summed E-state index contributed by atoms with van der Waals surface area (Å²) < 4.78 is 0. The van der Waals surface area contributed by atoms with E-state index in [2.05, 4.69) is 17.6 Å². The molecule has 3 nitrogen and oxygen atoms in total. The van der Waals surface area contributed by atoms with Crippen molar-refractivity contribution >= 4 is 6.03 Å². The van der Waals surface area contributed by atoms with E-state index in [-0.39, 0.29) is 12.1 Å². The first-order valence-corrected chi connectivity index (χ1v) is 5.29. The van der Waals surface area contributed by atoms with Gasteiger partial charge in [-0.3, -0.25) is 0 Å². The van der Waals surface area contributed by atoms with E-state index in [1.807, 2.05) is 6.92 Å². The zero-order valence-electron chi connectivity index (χ0n) is 8.60. The van der Waals surface area contributed by atoms with Crippen LogP contribution in [-0.4, -0.2) is 18.1 Å². The number of hydrogen-bond donors (Lipinski definition) is 2. The predicted octanol–water partition coefficient (Wildman–Crippen LogP) is 2.03. The van der Waals surface area contributed by atoms with Gasteiger partial charge in [-0.2, -0.15) is 0 Å². The van der Waals surface area contributed by atoms with Crippen LogP contribution in [0, 0.1) is 0 Å². The average molecular weight is 184 g/mol. The molecule has 2 amide bonds. The number of nitrogens with one attached hydrogen (secondary N) is 2. The maximum absolute atomic E-state index is 11.3. The normalized spacial score (nSPS) is 19.8. The van der Waals surface area contributed by atoms with Crippen LogP contribution in [0.25, 0.3) is 0 Å². The Morgan fingerprint density at radius 1 is 1.46 bits per heavy atom. The largest absolute Gasteiger partial charge is 0.336 e. The minimum absolute atomic E-state index is 0.00116. The van der Waals surface area contributed by atoms with E-state index in [9.17, 15) is 4.79 Å². The summed E-state index contributed by atoms with van der Waals surface area (Å²) in [6.07, 6.45) is 5.79. The highest BCUT2D eigenvalue weighted by Crippen LogP contribution is 2.17. The lowest BCUT2D eigenvalue weighted by Crippen LogP contribution is -2.44. The third-order valence-corrected chi connectivity index (χ3v) is 2.68. The zero-order chi connectivity index (χ0) is 9.68. The number of hydrogen-bond acceptors (Lipinski definition) is 1. The Hall–Kier alpha value is -0.730. The lowest BCUT2D eigenvalue weighted by molar-refractivity contribution is 0.233. The molecular formula is C10H20N2O. The van der Waals surface area contributed by atoms with Crippen molar-refractivity contribution in [2.24, 2.45) is 0 Å².